The maximum Gasteiger partial charge on any atom is 0.321 e. The highest BCUT2D eigenvalue weighted by molar-refractivity contribution is 7.92. The first-order valence-corrected chi connectivity index (χ1v) is 13.9. The maximum atomic E-state index is 12.9. The molecule has 0 aliphatic heterocycles. The normalized spacial score (nSPS) is 11.4. The molecule has 0 aliphatic rings. The van der Waals surface area contributed by atoms with Gasteiger partial charge in [0, 0.05) is 40.3 Å². The Labute approximate surface area is 231 Å². The number of aromatic nitrogens is 3. The third-order valence-corrected chi connectivity index (χ3v) is 7.66. The molecule has 0 aliphatic carbocycles. The predicted octanol–water partition coefficient (Wildman–Crippen LogP) is 5.23. The summed E-state index contributed by atoms with van der Waals surface area (Å²) in [7, 11) is -1.14. The quantitative estimate of drug-likeness (QED) is 0.218. The highest BCUT2D eigenvalue weighted by atomic mass is 32.2. The largest absolute Gasteiger partial charge is 0.481 e. The molecule has 0 fully saturated rings. The number of hydrogen-bond donors (Lipinski definition) is 3. The molecule has 0 spiro atoms. The number of aryl methyl sites for hydroxylation is 1. The van der Waals surface area contributed by atoms with Crippen molar-refractivity contribution in [3.05, 3.63) is 72.8 Å². The van der Waals surface area contributed by atoms with Gasteiger partial charge in [-0.1, -0.05) is 24.3 Å². The number of benzene rings is 3. The summed E-state index contributed by atoms with van der Waals surface area (Å²) in [6.07, 6.45) is 0. The Bertz CT molecular complexity index is 1760. The van der Waals surface area contributed by atoms with Crippen LogP contribution in [0.2, 0.25) is 0 Å². The Balaban J connectivity index is 1.29. The molecule has 5 rings (SSSR count). The van der Waals surface area contributed by atoms with E-state index in [0.717, 1.165) is 17.7 Å². The highest BCUT2D eigenvalue weighted by Gasteiger charge is 2.17. The van der Waals surface area contributed by atoms with Crippen molar-refractivity contribution in [3.8, 4) is 11.9 Å². The van der Waals surface area contributed by atoms with Crippen LogP contribution in [0, 0.1) is 0 Å². The molecule has 5 aromatic rings. The number of rotatable bonds is 8. The van der Waals surface area contributed by atoms with E-state index in [1.165, 1.54) is 48.7 Å². The molecule has 2 heterocycles. The second-order valence-electron chi connectivity index (χ2n) is 8.48. The zero-order valence-electron chi connectivity index (χ0n) is 21.4. The molecule has 10 nitrogen and oxygen atoms in total. The molecule has 0 unspecified atom stereocenters. The molecule has 0 bridgehead atoms. The minimum Gasteiger partial charge on any atom is -0.481 e. The third-order valence-electron chi connectivity index (χ3n) is 6.08. The molecule has 0 saturated carbocycles. The lowest BCUT2D eigenvalue weighted by Gasteiger charge is -2.13. The van der Waals surface area contributed by atoms with Crippen molar-refractivity contribution in [2.24, 2.45) is 0 Å². The lowest BCUT2D eigenvalue weighted by Crippen LogP contribution is -2.19. The fourth-order valence-electron chi connectivity index (χ4n) is 4.33. The molecule has 0 saturated heterocycles. The molecule has 0 radical (unpaired) electrons. The van der Waals surface area contributed by atoms with E-state index >= 15 is 0 Å². The predicted molar refractivity (Wildman–Crippen MR) is 157 cm³/mol. The van der Waals surface area contributed by atoms with Gasteiger partial charge in [0.05, 0.1) is 24.6 Å². The van der Waals surface area contributed by atoms with Gasteiger partial charge in [-0.05, 0) is 61.6 Å². The topological polar surface area (TPSA) is 119 Å². The third kappa shape index (κ3) is 5.42. The number of nitrogens with one attached hydrogen (secondary N) is 3. The Morgan fingerprint density at radius 1 is 0.872 bits per heavy atom. The van der Waals surface area contributed by atoms with Crippen LogP contribution in [-0.4, -0.2) is 42.3 Å². The number of ether oxygens (including phenoxy) is 2. The fourth-order valence-corrected chi connectivity index (χ4v) is 5.55. The number of fused-ring (bicyclic) bond motifs is 3. The summed E-state index contributed by atoms with van der Waals surface area (Å²) < 4.78 is 40.5. The monoisotopic (exact) mass is 562 g/mol. The molecule has 200 valence electrons. The first kappa shape index (κ1) is 26.2. The summed E-state index contributed by atoms with van der Waals surface area (Å²) in [5.74, 6) is 0.181. The van der Waals surface area contributed by atoms with Gasteiger partial charge >= 0.3 is 6.01 Å². The number of hydrogen-bond acceptors (Lipinski definition) is 7. The van der Waals surface area contributed by atoms with Crippen LogP contribution in [0.4, 0.5) is 17.2 Å². The minimum absolute atomic E-state index is 0.0189. The molecule has 3 N–H and O–H groups in total. The van der Waals surface area contributed by atoms with Crippen molar-refractivity contribution < 1.29 is 17.9 Å². The van der Waals surface area contributed by atoms with E-state index in [-0.39, 0.29) is 22.6 Å². The van der Waals surface area contributed by atoms with Crippen LogP contribution in [0.25, 0.3) is 21.8 Å². The summed E-state index contributed by atoms with van der Waals surface area (Å²) in [4.78, 5) is 8.01. The smallest absolute Gasteiger partial charge is 0.321 e. The first-order chi connectivity index (χ1) is 18.8. The van der Waals surface area contributed by atoms with E-state index in [4.69, 9.17) is 21.7 Å². The molecule has 0 atom stereocenters. The maximum absolute atomic E-state index is 12.9. The number of anilines is 3. The van der Waals surface area contributed by atoms with E-state index in [1.54, 1.807) is 12.1 Å². The number of sulfonamides is 1. The summed E-state index contributed by atoms with van der Waals surface area (Å²) in [5, 5.41) is 9.08. The highest BCUT2D eigenvalue weighted by Crippen LogP contribution is 2.31. The zero-order chi connectivity index (χ0) is 27.6. The van der Waals surface area contributed by atoms with Crippen molar-refractivity contribution in [3.63, 3.8) is 0 Å². The lowest BCUT2D eigenvalue weighted by molar-refractivity contribution is 0.353. The summed E-state index contributed by atoms with van der Waals surface area (Å²) in [5.41, 5.74) is 3.78. The molecule has 0 amide bonds. The average molecular weight is 563 g/mol. The van der Waals surface area contributed by atoms with Crippen LogP contribution < -0.4 is 24.8 Å². The number of nitrogens with zero attached hydrogens (tertiary/aromatic N) is 3. The van der Waals surface area contributed by atoms with Gasteiger partial charge in [-0.15, -0.1) is 0 Å². The Morgan fingerprint density at radius 2 is 1.56 bits per heavy atom. The second-order valence-corrected chi connectivity index (χ2v) is 10.6. The van der Waals surface area contributed by atoms with Crippen molar-refractivity contribution in [2.75, 3.05) is 29.6 Å². The van der Waals surface area contributed by atoms with E-state index in [9.17, 15) is 8.42 Å². The molecule has 39 heavy (non-hydrogen) atoms. The van der Waals surface area contributed by atoms with Crippen molar-refractivity contribution in [1.29, 1.82) is 0 Å². The summed E-state index contributed by atoms with van der Waals surface area (Å²) in [6, 6.07) is 22.0. The number of thiocarbonyl (C=S) groups is 1. The molecule has 12 heteroatoms. The fraction of sp³-hybridized carbons (Fsp3) is 0.148. The SMILES string of the molecule is CCn1c2ccccc2c2ccc(NC(=S)Nc3ccc(S(=O)(=O)Nc4cc(OC)nc(OC)n4)cc3)cc21. The van der Waals surface area contributed by atoms with Crippen LogP contribution >= 0.6 is 12.2 Å². The van der Waals surface area contributed by atoms with Gasteiger partial charge in [0.25, 0.3) is 10.0 Å². The molecule has 2 aromatic heterocycles. The lowest BCUT2D eigenvalue weighted by atomic mass is 10.1. The van der Waals surface area contributed by atoms with E-state index in [2.05, 4.69) is 61.1 Å². The number of para-hydroxylation sites is 1. The van der Waals surface area contributed by atoms with E-state index < -0.39 is 10.0 Å². The van der Waals surface area contributed by atoms with E-state index in [1.807, 2.05) is 18.2 Å². The van der Waals surface area contributed by atoms with Crippen molar-refractivity contribution >= 4 is 66.4 Å². The Morgan fingerprint density at radius 3 is 2.28 bits per heavy atom. The van der Waals surface area contributed by atoms with Crippen LogP contribution in [0.5, 0.6) is 11.9 Å². The van der Waals surface area contributed by atoms with Crippen LogP contribution in [0.3, 0.4) is 0 Å². The van der Waals surface area contributed by atoms with Gasteiger partial charge in [0.1, 0.15) is 0 Å². The Kier molecular flexibility index (Phi) is 7.22. The first-order valence-electron chi connectivity index (χ1n) is 12.0. The van der Waals surface area contributed by atoms with Gasteiger partial charge in [-0.3, -0.25) is 4.72 Å². The number of methoxy groups -OCH3 is 2. The second kappa shape index (κ2) is 10.8. The van der Waals surface area contributed by atoms with Crippen molar-refractivity contribution in [2.45, 2.75) is 18.4 Å². The molecule has 3 aromatic carbocycles. The van der Waals surface area contributed by atoms with Gasteiger partial charge in [-0.2, -0.15) is 9.97 Å². The summed E-state index contributed by atoms with van der Waals surface area (Å²) in [6.45, 7) is 2.97. The van der Waals surface area contributed by atoms with Gasteiger partial charge in [-0.25, -0.2) is 8.42 Å². The van der Waals surface area contributed by atoms with Gasteiger partial charge in [0.15, 0.2) is 10.9 Å². The van der Waals surface area contributed by atoms with Crippen LogP contribution in [-0.2, 0) is 16.6 Å². The van der Waals surface area contributed by atoms with Crippen molar-refractivity contribution in [1.82, 2.24) is 14.5 Å². The van der Waals surface area contributed by atoms with Gasteiger partial charge < -0.3 is 24.7 Å². The molecular weight excluding hydrogens is 536 g/mol. The molecular formula is C27H26N6O4S2. The van der Waals surface area contributed by atoms with Crippen LogP contribution in [0.15, 0.2) is 77.7 Å². The van der Waals surface area contributed by atoms with Crippen LogP contribution in [0.1, 0.15) is 6.92 Å². The minimum atomic E-state index is -3.93. The average Bonchev–Trinajstić information content (AvgIpc) is 3.25. The van der Waals surface area contributed by atoms with E-state index in [0.29, 0.717) is 10.8 Å². The standard InChI is InChI=1S/C27H26N6O4S2/c1-4-33-22-8-6-5-7-20(22)21-14-11-18(15-23(21)33)29-27(38)28-17-9-12-19(13-10-17)39(34,35)32-24-16-25(36-2)31-26(30-24)37-3/h5-16H,4H2,1-3H3,(H2,28,29,38)(H,30,31,32). The zero-order valence-corrected chi connectivity index (χ0v) is 23.1. The van der Waals surface area contributed by atoms with Gasteiger partial charge in [0.2, 0.25) is 5.88 Å². The Hall–Kier alpha value is -4.42. The summed E-state index contributed by atoms with van der Waals surface area (Å²) >= 11 is 5.51.